The summed E-state index contributed by atoms with van der Waals surface area (Å²) in [5, 5.41) is 3.21. The molecule has 0 aromatic carbocycles. The Morgan fingerprint density at radius 3 is 2.75 bits per heavy atom. The summed E-state index contributed by atoms with van der Waals surface area (Å²) in [5.74, 6) is -0.747. The molecule has 1 saturated heterocycles. The van der Waals surface area contributed by atoms with Gasteiger partial charge in [0.15, 0.2) is 0 Å². The van der Waals surface area contributed by atoms with Crippen LogP contribution in [-0.4, -0.2) is 61.4 Å². The summed E-state index contributed by atoms with van der Waals surface area (Å²) in [7, 11) is 1.68. The molecule has 0 aliphatic carbocycles. The van der Waals surface area contributed by atoms with E-state index in [4.69, 9.17) is 0 Å². The van der Waals surface area contributed by atoms with Crippen molar-refractivity contribution in [2.45, 2.75) is 19.8 Å². The van der Waals surface area contributed by atoms with E-state index in [1.54, 1.807) is 11.9 Å². The molecule has 0 aromatic rings. The van der Waals surface area contributed by atoms with Gasteiger partial charge in [-0.05, 0) is 19.4 Å². The Morgan fingerprint density at radius 1 is 1.31 bits per heavy atom. The predicted octanol–water partition coefficient (Wildman–Crippen LogP) is -0.323. The number of nitrogens with zero attached hydrogens (tertiary/aromatic N) is 2. The molecule has 0 atom stereocenters. The second-order valence-corrected chi connectivity index (χ2v) is 4.12. The van der Waals surface area contributed by atoms with E-state index in [1.807, 2.05) is 6.92 Å². The molecule has 16 heavy (non-hydrogen) atoms. The molecule has 2 amide bonds. The van der Waals surface area contributed by atoms with Crippen molar-refractivity contribution in [1.29, 1.82) is 0 Å². The highest BCUT2D eigenvalue weighted by atomic mass is 16.2. The van der Waals surface area contributed by atoms with E-state index in [-0.39, 0.29) is 11.8 Å². The van der Waals surface area contributed by atoms with Gasteiger partial charge in [-0.1, -0.05) is 6.92 Å². The molecule has 0 aromatic heterocycles. The molecule has 0 spiro atoms. The largest absolute Gasteiger partial charge is 0.338 e. The smallest absolute Gasteiger partial charge is 0.312 e. The van der Waals surface area contributed by atoms with Gasteiger partial charge in [-0.15, -0.1) is 0 Å². The Hall–Kier alpha value is -1.10. The summed E-state index contributed by atoms with van der Waals surface area (Å²) < 4.78 is 0. The molecular formula is C11H21N3O2. The van der Waals surface area contributed by atoms with Crippen molar-refractivity contribution >= 4 is 11.8 Å². The van der Waals surface area contributed by atoms with Gasteiger partial charge < -0.3 is 15.1 Å². The first-order valence-corrected chi connectivity index (χ1v) is 5.92. The maximum absolute atomic E-state index is 11.9. The molecule has 92 valence electrons. The zero-order valence-corrected chi connectivity index (χ0v) is 10.2. The van der Waals surface area contributed by atoms with E-state index >= 15 is 0 Å². The van der Waals surface area contributed by atoms with Crippen molar-refractivity contribution in [3.8, 4) is 0 Å². The van der Waals surface area contributed by atoms with Crippen molar-refractivity contribution < 1.29 is 9.59 Å². The Kier molecular flexibility index (Phi) is 5.25. The number of nitrogens with one attached hydrogen (secondary N) is 1. The first-order valence-electron chi connectivity index (χ1n) is 5.92. The number of amides is 2. The summed E-state index contributed by atoms with van der Waals surface area (Å²) in [6.07, 6.45) is 1.79. The first kappa shape index (κ1) is 13.0. The SMILES string of the molecule is CCCN(C)C(=O)C(=O)N1CCCNCC1. The molecule has 0 saturated carbocycles. The maximum atomic E-state index is 11.9. The average molecular weight is 227 g/mol. The van der Waals surface area contributed by atoms with E-state index < -0.39 is 0 Å². The Balaban J connectivity index is 2.51. The monoisotopic (exact) mass is 227 g/mol. The Labute approximate surface area is 96.8 Å². The van der Waals surface area contributed by atoms with Crippen molar-refractivity contribution in [3.63, 3.8) is 0 Å². The molecule has 5 heteroatoms. The van der Waals surface area contributed by atoms with Crippen LogP contribution >= 0.6 is 0 Å². The lowest BCUT2D eigenvalue weighted by Gasteiger charge is -2.22. The zero-order chi connectivity index (χ0) is 12.0. The fourth-order valence-corrected chi connectivity index (χ4v) is 1.78. The number of hydrogen-bond donors (Lipinski definition) is 1. The van der Waals surface area contributed by atoms with Gasteiger partial charge in [-0.25, -0.2) is 0 Å². The van der Waals surface area contributed by atoms with E-state index in [0.29, 0.717) is 19.6 Å². The van der Waals surface area contributed by atoms with Crippen LogP contribution in [0.25, 0.3) is 0 Å². The number of rotatable bonds is 2. The molecule has 1 aliphatic heterocycles. The molecule has 0 bridgehead atoms. The van der Waals surface area contributed by atoms with Gasteiger partial charge in [0.25, 0.3) is 0 Å². The van der Waals surface area contributed by atoms with Crippen LogP contribution in [0.4, 0.5) is 0 Å². The molecule has 1 rings (SSSR count). The average Bonchev–Trinajstić information content (AvgIpc) is 2.56. The zero-order valence-electron chi connectivity index (χ0n) is 10.2. The van der Waals surface area contributed by atoms with E-state index in [1.165, 1.54) is 4.90 Å². The van der Waals surface area contributed by atoms with Gasteiger partial charge in [0.1, 0.15) is 0 Å². The van der Waals surface area contributed by atoms with Crippen LogP contribution in [0.3, 0.4) is 0 Å². The fourth-order valence-electron chi connectivity index (χ4n) is 1.78. The Morgan fingerprint density at radius 2 is 2.06 bits per heavy atom. The summed E-state index contributed by atoms with van der Waals surface area (Å²) in [4.78, 5) is 26.8. The van der Waals surface area contributed by atoms with Crippen LogP contribution in [0.1, 0.15) is 19.8 Å². The minimum atomic E-state index is -0.385. The highest BCUT2D eigenvalue weighted by molar-refractivity contribution is 6.34. The lowest BCUT2D eigenvalue weighted by atomic mass is 10.3. The predicted molar refractivity (Wildman–Crippen MR) is 62.0 cm³/mol. The molecule has 1 aliphatic rings. The molecule has 5 nitrogen and oxygen atoms in total. The topological polar surface area (TPSA) is 52.7 Å². The quantitative estimate of drug-likeness (QED) is 0.658. The van der Waals surface area contributed by atoms with Crippen LogP contribution in [0.15, 0.2) is 0 Å². The highest BCUT2D eigenvalue weighted by Crippen LogP contribution is 1.99. The fraction of sp³-hybridized carbons (Fsp3) is 0.818. The number of carbonyl (C=O) groups excluding carboxylic acids is 2. The second kappa shape index (κ2) is 6.48. The van der Waals surface area contributed by atoms with Crippen LogP contribution in [-0.2, 0) is 9.59 Å². The lowest BCUT2D eigenvalue weighted by Crippen LogP contribution is -2.45. The van der Waals surface area contributed by atoms with Crippen LogP contribution in [0, 0.1) is 0 Å². The maximum Gasteiger partial charge on any atom is 0.312 e. The van der Waals surface area contributed by atoms with E-state index in [0.717, 1.165) is 25.9 Å². The third-order valence-electron chi connectivity index (χ3n) is 2.72. The normalized spacial score (nSPS) is 16.8. The van der Waals surface area contributed by atoms with Crippen LogP contribution in [0.5, 0.6) is 0 Å². The first-order chi connectivity index (χ1) is 7.66. The van der Waals surface area contributed by atoms with Gasteiger partial charge in [0, 0.05) is 33.2 Å². The number of carbonyl (C=O) groups is 2. The van der Waals surface area contributed by atoms with Gasteiger partial charge in [0.2, 0.25) is 0 Å². The van der Waals surface area contributed by atoms with Gasteiger partial charge >= 0.3 is 11.8 Å². The Bertz CT molecular complexity index is 248. The number of likely N-dealkylation sites (N-methyl/N-ethyl adjacent to an activating group) is 1. The molecule has 0 unspecified atom stereocenters. The van der Waals surface area contributed by atoms with Gasteiger partial charge in [0.05, 0.1) is 0 Å². The van der Waals surface area contributed by atoms with Gasteiger partial charge in [-0.2, -0.15) is 0 Å². The van der Waals surface area contributed by atoms with E-state index in [9.17, 15) is 9.59 Å². The second-order valence-electron chi connectivity index (χ2n) is 4.12. The van der Waals surface area contributed by atoms with Gasteiger partial charge in [-0.3, -0.25) is 9.59 Å². The summed E-state index contributed by atoms with van der Waals surface area (Å²) in [6.45, 7) is 5.63. The lowest BCUT2D eigenvalue weighted by molar-refractivity contribution is -0.150. The van der Waals surface area contributed by atoms with Crippen molar-refractivity contribution in [2.75, 3.05) is 39.8 Å². The standard InChI is InChI=1S/C11H21N3O2/c1-3-7-13(2)10(15)11(16)14-8-4-5-12-6-9-14/h12H,3-9H2,1-2H3. The summed E-state index contributed by atoms with van der Waals surface area (Å²) in [5.41, 5.74) is 0. The molecule has 1 heterocycles. The van der Waals surface area contributed by atoms with Crippen molar-refractivity contribution in [3.05, 3.63) is 0 Å². The van der Waals surface area contributed by atoms with E-state index in [2.05, 4.69) is 5.32 Å². The summed E-state index contributed by atoms with van der Waals surface area (Å²) >= 11 is 0. The van der Waals surface area contributed by atoms with Crippen molar-refractivity contribution in [2.24, 2.45) is 0 Å². The third kappa shape index (κ3) is 3.48. The molecule has 1 fully saturated rings. The van der Waals surface area contributed by atoms with Crippen LogP contribution < -0.4 is 5.32 Å². The number of hydrogen-bond acceptors (Lipinski definition) is 3. The minimum Gasteiger partial charge on any atom is -0.338 e. The molecular weight excluding hydrogens is 206 g/mol. The van der Waals surface area contributed by atoms with Crippen molar-refractivity contribution in [1.82, 2.24) is 15.1 Å². The molecule has 1 N–H and O–H groups in total. The summed E-state index contributed by atoms with van der Waals surface area (Å²) in [6, 6.07) is 0. The molecule has 0 radical (unpaired) electrons. The minimum absolute atomic E-state index is 0.361. The third-order valence-corrected chi connectivity index (χ3v) is 2.72. The van der Waals surface area contributed by atoms with Crippen LogP contribution in [0.2, 0.25) is 0 Å². The highest BCUT2D eigenvalue weighted by Gasteiger charge is 2.24.